The first kappa shape index (κ1) is 34.0. The summed E-state index contributed by atoms with van der Waals surface area (Å²) in [6, 6.07) is 9.51. The fourth-order valence-corrected chi connectivity index (χ4v) is 17.7. The van der Waals surface area contributed by atoms with Crippen molar-refractivity contribution >= 4 is 14.3 Å². The van der Waals surface area contributed by atoms with Gasteiger partial charge in [0.1, 0.15) is 6.10 Å². The zero-order valence-electron chi connectivity index (χ0n) is 30.0. The SMILES string of the molecule is CC(CO[Si](C(C)C)(C(C)C)C(C)C)[C@H]1CC[C@H]2[C@@H]3CC=C4CC(OC(=O)c5ccccc5)CC(C)(C)[C@]4(C)[C@H]3CC[C@]12C. The molecule has 246 valence electrons. The number of benzene rings is 1. The summed E-state index contributed by atoms with van der Waals surface area (Å²) in [4.78, 5) is 13.0. The van der Waals surface area contributed by atoms with E-state index < -0.39 is 8.32 Å². The number of hydrogen-bond donors (Lipinski definition) is 0. The number of ether oxygens (including phenoxy) is 1. The smallest absolute Gasteiger partial charge is 0.338 e. The summed E-state index contributed by atoms with van der Waals surface area (Å²) in [5, 5.41) is 0. The maximum absolute atomic E-state index is 13.0. The Kier molecular flexibility index (Phi) is 9.51. The molecule has 44 heavy (non-hydrogen) atoms. The minimum atomic E-state index is -1.86. The topological polar surface area (TPSA) is 35.5 Å². The molecular formula is C40H64O3Si. The Balaban J connectivity index is 1.32. The van der Waals surface area contributed by atoms with Gasteiger partial charge >= 0.3 is 5.97 Å². The lowest BCUT2D eigenvalue weighted by atomic mass is 9.41. The molecule has 0 saturated heterocycles. The van der Waals surface area contributed by atoms with Gasteiger partial charge in [-0.2, -0.15) is 0 Å². The number of rotatable bonds is 9. The number of fused-ring (bicyclic) bond motifs is 5. The van der Waals surface area contributed by atoms with E-state index in [1.54, 1.807) is 5.57 Å². The van der Waals surface area contributed by atoms with E-state index >= 15 is 0 Å². The lowest BCUT2D eigenvalue weighted by molar-refractivity contribution is -0.109. The summed E-state index contributed by atoms with van der Waals surface area (Å²) >= 11 is 0. The van der Waals surface area contributed by atoms with Gasteiger partial charge in [0.05, 0.1) is 5.56 Å². The van der Waals surface area contributed by atoms with Crippen LogP contribution < -0.4 is 0 Å². The van der Waals surface area contributed by atoms with Gasteiger partial charge in [-0.1, -0.05) is 106 Å². The second kappa shape index (κ2) is 12.3. The van der Waals surface area contributed by atoms with Gasteiger partial charge < -0.3 is 9.16 Å². The molecule has 0 heterocycles. The Morgan fingerprint density at radius 1 is 0.886 bits per heavy atom. The first-order valence-electron chi connectivity index (χ1n) is 18.2. The minimum Gasteiger partial charge on any atom is -0.458 e. The molecule has 4 heteroatoms. The van der Waals surface area contributed by atoms with Crippen molar-refractivity contribution in [3.05, 3.63) is 47.5 Å². The van der Waals surface area contributed by atoms with Crippen molar-refractivity contribution < 1.29 is 14.0 Å². The van der Waals surface area contributed by atoms with Crippen LogP contribution in [0.1, 0.15) is 131 Å². The van der Waals surface area contributed by atoms with Crippen LogP contribution in [-0.4, -0.2) is 27.0 Å². The maximum atomic E-state index is 13.0. The number of carbonyl (C=O) groups excluding carboxylic acids is 1. The van der Waals surface area contributed by atoms with Crippen molar-refractivity contribution in [2.75, 3.05) is 6.61 Å². The Hall–Kier alpha value is -1.39. The highest BCUT2D eigenvalue weighted by atomic mass is 28.4. The number of carbonyl (C=O) groups is 1. The van der Waals surface area contributed by atoms with Gasteiger partial charge in [0.2, 0.25) is 0 Å². The number of hydrogen-bond acceptors (Lipinski definition) is 3. The predicted molar refractivity (Wildman–Crippen MR) is 186 cm³/mol. The van der Waals surface area contributed by atoms with Crippen LogP contribution in [-0.2, 0) is 9.16 Å². The molecule has 0 N–H and O–H groups in total. The third-order valence-corrected chi connectivity index (χ3v) is 20.5. The normalized spacial score (nSPS) is 35.6. The Labute approximate surface area is 271 Å². The standard InChI is InChI=1S/C40H64O3Si/c1-26(2)44(27(3)4,28(5)6)42-25-29(7)34-19-20-35-33-18-17-31-23-32(43-37(41)30-15-13-12-14-16-30)24-38(8,9)40(31,11)36(33)21-22-39(34,35)10/h12-17,26-29,32-36H,18-25H2,1-11H3/t29?,32?,33-,34+,35-,36-,39+,40-/m0/s1. The van der Waals surface area contributed by atoms with E-state index in [4.69, 9.17) is 9.16 Å². The molecule has 8 atom stereocenters. The van der Waals surface area contributed by atoms with Crippen molar-refractivity contribution in [2.45, 2.75) is 144 Å². The third kappa shape index (κ3) is 5.40. The van der Waals surface area contributed by atoms with Gasteiger partial charge in [-0.25, -0.2) is 4.79 Å². The van der Waals surface area contributed by atoms with Gasteiger partial charge in [-0.3, -0.25) is 0 Å². The number of esters is 1. The van der Waals surface area contributed by atoms with Gasteiger partial charge in [0.15, 0.2) is 8.32 Å². The highest BCUT2D eigenvalue weighted by Crippen LogP contribution is 2.70. The average Bonchev–Trinajstić information content (AvgIpc) is 3.31. The molecule has 0 aromatic heterocycles. The summed E-state index contributed by atoms with van der Waals surface area (Å²) < 4.78 is 13.4. The first-order chi connectivity index (χ1) is 20.6. The van der Waals surface area contributed by atoms with Gasteiger partial charge in [-0.15, -0.1) is 0 Å². The minimum absolute atomic E-state index is 0.0441. The summed E-state index contributed by atoms with van der Waals surface area (Å²) in [7, 11) is -1.86. The van der Waals surface area contributed by atoms with Crippen molar-refractivity contribution in [2.24, 2.45) is 45.8 Å². The summed E-state index contributed by atoms with van der Waals surface area (Å²) in [5.41, 5.74) is 4.80. The zero-order valence-corrected chi connectivity index (χ0v) is 31.0. The van der Waals surface area contributed by atoms with Gasteiger partial charge in [-0.05, 0) is 113 Å². The number of allylic oxidation sites excluding steroid dienone is 1. The van der Waals surface area contributed by atoms with Gasteiger partial charge in [0.25, 0.3) is 0 Å². The molecule has 1 aromatic carbocycles. The molecule has 0 amide bonds. The van der Waals surface area contributed by atoms with E-state index in [2.05, 4.69) is 82.2 Å². The van der Waals surface area contributed by atoms with Crippen LogP contribution in [0.3, 0.4) is 0 Å². The predicted octanol–water partition coefficient (Wildman–Crippen LogP) is 11.3. The van der Waals surface area contributed by atoms with Crippen LogP contribution in [0.25, 0.3) is 0 Å². The van der Waals surface area contributed by atoms with E-state index in [9.17, 15) is 4.79 Å². The first-order valence-corrected chi connectivity index (χ1v) is 20.3. The quantitative estimate of drug-likeness (QED) is 0.156. The molecule has 0 bridgehead atoms. The highest BCUT2D eigenvalue weighted by Gasteiger charge is 2.63. The molecule has 4 aliphatic carbocycles. The van der Waals surface area contributed by atoms with E-state index in [-0.39, 0.29) is 22.9 Å². The molecule has 3 nitrogen and oxygen atoms in total. The van der Waals surface area contributed by atoms with Crippen LogP contribution in [0.4, 0.5) is 0 Å². The van der Waals surface area contributed by atoms with E-state index in [1.165, 1.54) is 32.1 Å². The Morgan fingerprint density at radius 2 is 1.52 bits per heavy atom. The van der Waals surface area contributed by atoms with E-state index in [0.717, 1.165) is 43.1 Å². The van der Waals surface area contributed by atoms with E-state index in [0.29, 0.717) is 33.5 Å². The molecule has 2 unspecified atom stereocenters. The summed E-state index contributed by atoms with van der Waals surface area (Å²) in [6.45, 7) is 28.1. The van der Waals surface area contributed by atoms with Crippen molar-refractivity contribution in [3.8, 4) is 0 Å². The van der Waals surface area contributed by atoms with Crippen LogP contribution >= 0.6 is 0 Å². The monoisotopic (exact) mass is 620 g/mol. The molecule has 1 aromatic rings. The molecule has 3 saturated carbocycles. The van der Waals surface area contributed by atoms with Crippen molar-refractivity contribution in [1.29, 1.82) is 0 Å². The van der Waals surface area contributed by atoms with E-state index in [1.807, 2.05) is 30.3 Å². The Morgan fingerprint density at radius 3 is 2.14 bits per heavy atom. The average molecular weight is 621 g/mol. The van der Waals surface area contributed by atoms with Crippen LogP contribution in [0.5, 0.6) is 0 Å². The third-order valence-electron chi connectivity index (χ3n) is 14.4. The largest absolute Gasteiger partial charge is 0.458 e. The van der Waals surface area contributed by atoms with Crippen LogP contribution in [0, 0.1) is 45.8 Å². The Bertz CT molecular complexity index is 1180. The molecular weight excluding hydrogens is 557 g/mol. The lowest BCUT2D eigenvalue weighted by Crippen LogP contribution is -2.57. The van der Waals surface area contributed by atoms with Crippen LogP contribution in [0.15, 0.2) is 42.0 Å². The lowest BCUT2D eigenvalue weighted by Gasteiger charge is -2.63. The second-order valence-electron chi connectivity index (χ2n) is 17.6. The fourth-order valence-electron chi connectivity index (χ4n) is 12.1. The zero-order chi connectivity index (χ0) is 32.2. The maximum Gasteiger partial charge on any atom is 0.338 e. The molecule has 3 fully saturated rings. The second-order valence-corrected chi connectivity index (χ2v) is 23.0. The van der Waals surface area contributed by atoms with Crippen molar-refractivity contribution in [3.63, 3.8) is 0 Å². The fraction of sp³-hybridized carbons (Fsp3) is 0.775. The molecule has 0 radical (unpaired) electrons. The highest BCUT2D eigenvalue weighted by molar-refractivity contribution is 6.77. The van der Waals surface area contributed by atoms with Gasteiger partial charge in [0, 0.05) is 13.0 Å². The van der Waals surface area contributed by atoms with Crippen LogP contribution in [0.2, 0.25) is 16.6 Å². The van der Waals surface area contributed by atoms with Crippen molar-refractivity contribution in [1.82, 2.24) is 0 Å². The molecule has 5 rings (SSSR count). The molecule has 0 spiro atoms. The molecule has 4 aliphatic rings. The summed E-state index contributed by atoms with van der Waals surface area (Å²) in [6.07, 6.45) is 11.0. The summed E-state index contributed by atoms with van der Waals surface area (Å²) in [5.74, 6) is 3.47. The molecule has 0 aliphatic heterocycles.